The van der Waals surface area contributed by atoms with Crippen molar-refractivity contribution in [3.05, 3.63) is 12.4 Å². The number of carbonyl (C=O) groups is 1. The zero-order chi connectivity index (χ0) is 16.8. The molecule has 1 aromatic heterocycles. The molecule has 6 nitrogen and oxygen atoms in total. The smallest absolute Gasteiger partial charge is 0.377 e. The lowest BCUT2D eigenvalue weighted by Crippen LogP contribution is -2.67. The van der Waals surface area contributed by atoms with Gasteiger partial charge in [-0.1, -0.05) is 13.8 Å². The van der Waals surface area contributed by atoms with E-state index in [1.54, 1.807) is 0 Å². The van der Waals surface area contributed by atoms with Crippen LogP contribution in [0.3, 0.4) is 0 Å². The number of fused-ring (bicyclic) bond motifs is 1. The summed E-state index contributed by atoms with van der Waals surface area (Å²) in [4.78, 5) is 12.1. The molecule has 3 rings (SSSR count). The summed E-state index contributed by atoms with van der Waals surface area (Å²) in [6, 6.07) is -0.458. The standard InChI is InChI=1S/C14H19F3N4O2/c1-13(2)10(9-3-4-23-11(9)13)20-12(22)19-8-5-18-21(6-8)7-14(15,16)17/h5-6,9-11H,3-4,7H2,1-2H3,(H2,19,20,22)/t9-,10+,11-/m0/s1. The monoisotopic (exact) mass is 332 g/mol. The molecule has 0 unspecified atom stereocenters. The molecule has 0 radical (unpaired) electrons. The van der Waals surface area contributed by atoms with Gasteiger partial charge in [-0.15, -0.1) is 0 Å². The summed E-state index contributed by atoms with van der Waals surface area (Å²) in [6.45, 7) is 3.58. The highest BCUT2D eigenvalue weighted by molar-refractivity contribution is 5.89. The van der Waals surface area contributed by atoms with Gasteiger partial charge in [0.15, 0.2) is 0 Å². The van der Waals surface area contributed by atoms with Crippen LogP contribution in [0.25, 0.3) is 0 Å². The van der Waals surface area contributed by atoms with Crippen molar-refractivity contribution in [2.24, 2.45) is 11.3 Å². The SMILES string of the molecule is CC1(C)[C@H](NC(=O)Nc2cnn(CC(F)(F)F)c2)[C@@H]2CCO[C@@H]21. The number of aromatic nitrogens is 2. The molecule has 2 amide bonds. The molecule has 1 saturated heterocycles. The van der Waals surface area contributed by atoms with E-state index in [9.17, 15) is 18.0 Å². The number of halogens is 3. The quantitative estimate of drug-likeness (QED) is 0.893. The lowest BCUT2D eigenvalue weighted by atomic mass is 9.57. The molecule has 3 atom stereocenters. The number of carbonyl (C=O) groups excluding carboxylic acids is 1. The molecule has 2 aliphatic rings. The molecule has 1 aliphatic heterocycles. The maximum Gasteiger partial charge on any atom is 0.408 e. The van der Waals surface area contributed by atoms with Crippen molar-refractivity contribution in [2.75, 3.05) is 11.9 Å². The fourth-order valence-electron chi connectivity index (χ4n) is 3.62. The number of anilines is 1. The first-order chi connectivity index (χ1) is 10.7. The van der Waals surface area contributed by atoms with E-state index >= 15 is 0 Å². The Balaban J connectivity index is 1.56. The van der Waals surface area contributed by atoms with Crippen molar-refractivity contribution < 1.29 is 22.7 Å². The van der Waals surface area contributed by atoms with Crippen molar-refractivity contribution in [1.29, 1.82) is 0 Å². The number of nitrogens with one attached hydrogen (secondary N) is 2. The van der Waals surface area contributed by atoms with Gasteiger partial charge in [0.1, 0.15) is 6.54 Å². The second kappa shape index (κ2) is 5.40. The van der Waals surface area contributed by atoms with E-state index in [2.05, 4.69) is 15.7 Å². The summed E-state index contributed by atoms with van der Waals surface area (Å²) in [6.07, 6.45) is -0.942. The average Bonchev–Trinajstić information content (AvgIpc) is 3.02. The Hall–Kier alpha value is -1.77. The number of ether oxygens (including phenoxy) is 1. The molecule has 0 spiro atoms. The van der Waals surface area contributed by atoms with Crippen LogP contribution in [0.4, 0.5) is 23.7 Å². The van der Waals surface area contributed by atoms with Crippen molar-refractivity contribution in [2.45, 2.75) is 45.1 Å². The van der Waals surface area contributed by atoms with Crippen LogP contribution in [0.1, 0.15) is 20.3 Å². The Morgan fingerprint density at radius 3 is 2.96 bits per heavy atom. The van der Waals surface area contributed by atoms with Crippen molar-refractivity contribution in [3.63, 3.8) is 0 Å². The molecule has 0 aromatic carbocycles. The van der Waals surface area contributed by atoms with Crippen LogP contribution in [0.5, 0.6) is 0 Å². The second-order valence-corrected chi connectivity index (χ2v) is 6.68. The highest BCUT2D eigenvalue weighted by Crippen LogP contribution is 2.52. The fraction of sp³-hybridized carbons (Fsp3) is 0.714. The third-order valence-electron chi connectivity index (χ3n) is 4.62. The number of alkyl halides is 3. The third-order valence-corrected chi connectivity index (χ3v) is 4.62. The van der Waals surface area contributed by atoms with E-state index in [-0.39, 0.29) is 23.2 Å². The Morgan fingerprint density at radius 1 is 1.52 bits per heavy atom. The van der Waals surface area contributed by atoms with Gasteiger partial charge in [-0.25, -0.2) is 4.79 Å². The molecular weight excluding hydrogens is 313 g/mol. The predicted molar refractivity (Wildman–Crippen MR) is 75.9 cm³/mol. The molecular formula is C14H19F3N4O2. The molecule has 128 valence electrons. The van der Waals surface area contributed by atoms with Crippen molar-refractivity contribution >= 4 is 11.7 Å². The van der Waals surface area contributed by atoms with Gasteiger partial charge in [0.25, 0.3) is 0 Å². The Labute approximate surface area is 131 Å². The van der Waals surface area contributed by atoms with Crippen LogP contribution in [-0.2, 0) is 11.3 Å². The first-order valence-electron chi connectivity index (χ1n) is 7.45. The number of hydrogen-bond donors (Lipinski definition) is 2. The van der Waals surface area contributed by atoms with Gasteiger partial charge in [-0.05, 0) is 6.42 Å². The zero-order valence-electron chi connectivity index (χ0n) is 12.9. The minimum absolute atomic E-state index is 0.0137. The van der Waals surface area contributed by atoms with E-state index in [4.69, 9.17) is 4.74 Å². The Kier molecular flexibility index (Phi) is 3.78. The van der Waals surface area contributed by atoms with E-state index in [1.165, 1.54) is 6.20 Å². The van der Waals surface area contributed by atoms with Crippen LogP contribution in [0.15, 0.2) is 12.4 Å². The lowest BCUT2D eigenvalue weighted by molar-refractivity contribution is -0.142. The number of rotatable bonds is 3. The van der Waals surface area contributed by atoms with E-state index < -0.39 is 18.8 Å². The first-order valence-corrected chi connectivity index (χ1v) is 7.45. The molecule has 23 heavy (non-hydrogen) atoms. The predicted octanol–water partition coefficient (Wildman–Crippen LogP) is 2.38. The normalized spacial score (nSPS) is 28.8. The third kappa shape index (κ3) is 3.15. The van der Waals surface area contributed by atoms with Gasteiger partial charge in [-0.2, -0.15) is 18.3 Å². The van der Waals surface area contributed by atoms with Gasteiger partial charge >= 0.3 is 12.2 Å². The highest BCUT2D eigenvalue weighted by atomic mass is 19.4. The van der Waals surface area contributed by atoms with Crippen LogP contribution in [0, 0.1) is 11.3 Å². The summed E-state index contributed by atoms with van der Waals surface area (Å²) < 4.78 is 43.2. The number of hydrogen-bond acceptors (Lipinski definition) is 3. The average molecular weight is 332 g/mol. The largest absolute Gasteiger partial charge is 0.408 e. The summed E-state index contributed by atoms with van der Waals surface area (Å²) in [7, 11) is 0. The second-order valence-electron chi connectivity index (χ2n) is 6.68. The topological polar surface area (TPSA) is 68.2 Å². The zero-order valence-corrected chi connectivity index (χ0v) is 12.9. The van der Waals surface area contributed by atoms with Crippen LogP contribution < -0.4 is 10.6 Å². The van der Waals surface area contributed by atoms with Gasteiger partial charge in [0, 0.05) is 30.2 Å². The van der Waals surface area contributed by atoms with Gasteiger partial charge in [0.2, 0.25) is 0 Å². The lowest BCUT2D eigenvalue weighted by Gasteiger charge is -2.54. The molecule has 2 fully saturated rings. The van der Waals surface area contributed by atoms with Gasteiger partial charge < -0.3 is 15.4 Å². The Bertz CT molecular complexity index is 599. The Morgan fingerprint density at radius 2 is 2.26 bits per heavy atom. The van der Waals surface area contributed by atoms with E-state index in [0.717, 1.165) is 17.3 Å². The van der Waals surface area contributed by atoms with Gasteiger partial charge in [0.05, 0.1) is 18.0 Å². The number of urea groups is 1. The number of amides is 2. The maximum atomic E-state index is 12.3. The van der Waals surface area contributed by atoms with E-state index in [1.807, 2.05) is 13.8 Å². The summed E-state index contributed by atoms with van der Waals surface area (Å²) in [5.74, 6) is 0.295. The van der Waals surface area contributed by atoms with Crippen LogP contribution >= 0.6 is 0 Å². The van der Waals surface area contributed by atoms with E-state index in [0.29, 0.717) is 12.5 Å². The minimum Gasteiger partial charge on any atom is -0.377 e. The molecule has 1 aliphatic carbocycles. The first kappa shape index (κ1) is 16.1. The summed E-state index contributed by atoms with van der Waals surface area (Å²) in [5, 5.41) is 9.00. The van der Waals surface area contributed by atoms with Crippen LogP contribution in [0.2, 0.25) is 0 Å². The molecule has 1 saturated carbocycles. The highest BCUT2D eigenvalue weighted by Gasteiger charge is 2.59. The molecule has 2 N–H and O–H groups in total. The van der Waals surface area contributed by atoms with Crippen molar-refractivity contribution in [3.8, 4) is 0 Å². The molecule has 0 bridgehead atoms. The fourth-order valence-corrected chi connectivity index (χ4v) is 3.62. The molecule has 2 heterocycles. The summed E-state index contributed by atoms with van der Waals surface area (Å²) in [5.41, 5.74) is 0.0713. The molecule has 9 heteroatoms. The molecule has 1 aromatic rings. The van der Waals surface area contributed by atoms with Crippen LogP contribution in [-0.4, -0.2) is 40.7 Å². The summed E-state index contributed by atoms with van der Waals surface area (Å²) >= 11 is 0. The number of nitrogens with zero attached hydrogens (tertiary/aromatic N) is 2. The van der Waals surface area contributed by atoms with Crippen molar-refractivity contribution in [1.82, 2.24) is 15.1 Å². The van der Waals surface area contributed by atoms with Gasteiger partial charge in [-0.3, -0.25) is 4.68 Å². The minimum atomic E-state index is -4.35. The maximum absolute atomic E-state index is 12.3.